The first kappa shape index (κ1) is 40.1. The van der Waals surface area contributed by atoms with Gasteiger partial charge in [0, 0.05) is 12.4 Å². The molecule has 2 heterocycles. The van der Waals surface area contributed by atoms with E-state index in [1.165, 1.54) is 16.7 Å². The second kappa shape index (κ2) is 19.8. The largest absolute Gasteiger partial charge is 0.424 e. The molecule has 0 saturated heterocycles. The predicted molar refractivity (Wildman–Crippen MR) is 232 cm³/mol. The molecule has 0 spiro atoms. The summed E-state index contributed by atoms with van der Waals surface area (Å²) >= 11 is 0. The van der Waals surface area contributed by atoms with E-state index in [1.807, 2.05) is 54.9 Å². The molecule has 7 heteroatoms. The van der Waals surface area contributed by atoms with Gasteiger partial charge in [-0.1, -0.05) is 170 Å². The molecule has 0 fully saturated rings. The van der Waals surface area contributed by atoms with E-state index in [9.17, 15) is 0 Å². The van der Waals surface area contributed by atoms with Crippen molar-refractivity contribution >= 4 is 24.8 Å². The van der Waals surface area contributed by atoms with Crippen molar-refractivity contribution in [1.29, 1.82) is 0 Å². The Balaban J connectivity index is 0.00000532. The van der Waals surface area contributed by atoms with Gasteiger partial charge in [-0.2, -0.15) is 0 Å². The van der Waals surface area contributed by atoms with E-state index in [0.29, 0.717) is 13.2 Å². The lowest BCUT2D eigenvalue weighted by Crippen LogP contribution is -2.46. The molecule has 0 saturated carbocycles. The maximum absolute atomic E-state index is 7.01. The average Bonchev–Trinajstić information content (AvgIpc) is 3.23. The smallest absolute Gasteiger partial charge is 0.362 e. The van der Waals surface area contributed by atoms with E-state index in [1.54, 1.807) is 0 Å². The normalized spacial score (nSPS) is 12.0. The molecule has 5 aromatic carbocycles. The van der Waals surface area contributed by atoms with Crippen molar-refractivity contribution in [3.8, 4) is 0 Å². The minimum atomic E-state index is -0.334. The summed E-state index contributed by atoms with van der Waals surface area (Å²) in [6.45, 7) is 7.07. The molecule has 0 N–H and O–H groups in total. The van der Waals surface area contributed by atoms with Crippen LogP contribution in [0.4, 0.5) is 0 Å². The molecule has 5 nitrogen and oxygen atoms in total. The van der Waals surface area contributed by atoms with Crippen LogP contribution < -0.4 is 10.9 Å². The van der Waals surface area contributed by atoms with Gasteiger partial charge >= 0.3 is 6.92 Å². The SMILES string of the molecule is C.CB(Cc1ccc(COCc2ccc(B(OC(c3ccc(C)cc3)c3ccccn3)c3ccccc3)cc2)cc1)OC(c1ccc(C)cc1)c1ccccn1. The molecule has 2 atom stereocenters. The lowest BCUT2D eigenvalue weighted by Gasteiger charge is -2.24. The molecule has 2 aromatic heterocycles. The van der Waals surface area contributed by atoms with Crippen molar-refractivity contribution in [3.05, 3.63) is 227 Å². The molecule has 2 unspecified atom stereocenters. The fourth-order valence-corrected chi connectivity index (χ4v) is 6.76. The van der Waals surface area contributed by atoms with Crippen molar-refractivity contribution in [1.82, 2.24) is 9.97 Å². The van der Waals surface area contributed by atoms with Gasteiger partial charge in [0.25, 0.3) is 6.92 Å². The number of pyridine rings is 2. The predicted octanol–water partition coefficient (Wildman–Crippen LogP) is 9.87. The van der Waals surface area contributed by atoms with E-state index >= 15 is 0 Å². The zero-order chi connectivity index (χ0) is 37.8. The summed E-state index contributed by atoms with van der Waals surface area (Å²) in [5, 5.41) is 0. The molecule has 56 heavy (non-hydrogen) atoms. The van der Waals surface area contributed by atoms with Gasteiger partial charge in [-0.3, -0.25) is 9.97 Å². The second-order valence-corrected chi connectivity index (χ2v) is 14.2. The molecule has 7 rings (SSSR count). The van der Waals surface area contributed by atoms with Crippen molar-refractivity contribution in [3.63, 3.8) is 0 Å². The summed E-state index contributed by atoms with van der Waals surface area (Å²) in [6.07, 6.45) is 3.88. The van der Waals surface area contributed by atoms with Gasteiger partial charge in [0.15, 0.2) is 0 Å². The number of benzene rings is 5. The number of aromatic nitrogens is 2. The Morgan fingerprint density at radius 3 is 1.43 bits per heavy atom. The minimum absolute atomic E-state index is 0. The highest BCUT2D eigenvalue weighted by atomic mass is 16.5. The molecule has 0 amide bonds. The van der Waals surface area contributed by atoms with Gasteiger partial charge in [-0.15, -0.1) is 0 Å². The highest BCUT2D eigenvalue weighted by molar-refractivity contribution is 6.80. The van der Waals surface area contributed by atoms with Gasteiger partial charge in [-0.25, -0.2) is 0 Å². The zero-order valence-corrected chi connectivity index (χ0v) is 31.8. The summed E-state index contributed by atoms with van der Waals surface area (Å²) in [4.78, 5) is 9.30. The maximum atomic E-state index is 7.01. The van der Waals surface area contributed by atoms with Crippen molar-refractivity contribution < 1.29 is 14.0 Å². The summed E-state index contributed by atoms with van der Waals surface area (Å²) in [6, 6.07) is 56.6. The van der Waals surface area contributed by atoms with Gasteiger partial charge in [0.1, 0.15) is 12.2 Å². The highest BCUT2D eigenvalue weighted by Crippen LogP contribution is 2.28. The molecule has 0 radical (unpaired) electrons. The minimum Gasteiger partial charge on any atom is -0.424 e. The molecule has 0 bridgehead atoms. The monoisotopic (exact) mass is 736 g/mol. The summed E-state index contributed by atoms with van der Waals surface area (Å²) in [7, 11) is 0. The number of hydrogen-bond donors (Lipinski definition) is 0. The van der Waals surface area contributed by atoms with Crippen molar-refractivity contribution in [2.75, 3.05) is 0 Å². The Morgan fingerprint density at radius 1 is 0.482 bits per heavy atom. The maximum Gasteiger partial charge on any atom is 0.362 e. The summed E-state index contributed by atoms with van der Waals surface area (Å²) < 4.78 is 19.8. The zero-order valence-electron chi connectivity index (χ0n) is 31.8. The van der Waals surface area contributed by atoms with Gasteiger partial charge in [0.2, 0.25) is 0 Å². The summed E-state index contributed by atoms with van der Waals surface area (Å²) in [5.41, 5.74) is 12.0. The third kappa shape index (κ3) is 10.8. The van der Waals surface area contributed by atoms with Gasteiger partial charge in [0.05, 0.1) is 24.6 Å². The van der Waals surface area contributed by atoms with Crippen LogP contribution in [0.1, 0.15) is 70.0 Å². The number of ether oxygens (including phenoxy) is 1. The van der Waals surface area contributed by atoms with E-state index in [0.717, 1.165) is 50.9 Å². The van der Waals surface area contributed by atoms with Crippen LogP contribution in [0, 0.1) is 13.8 Å². The van der Waals surface area contributed by atoms with E-state index in [2.05, 4.69) is 147 Å². The van der Waals surface area contributed by atoms with Crippen LogP contribution in [0.5, 0.6) is 0 Å². The van der Waals surface area contributed by atoms with Crippen LogP contribution in [-0.2, 0) is 33.6 Å². The Morgan fingerprint density at radius 2 is 0.929 bits per heavy atom. The Hall–Kier alpha value is -5.59. The summed E-state index contributed by atoms with van der Waals surface area (Å²) in [5.74, 6) is 0. The molecule has 0 aliphatic rings. The number of rotatable bonds is 16. The molecular weight excluding hydrogens is 686 g/mol. The first-order chi connectivity index (χ1) is 27.0. The molecule has 7 aromatic rings. The van der Waals surface area contributed by atoms with E-state index in [-0.39, 0.29) is 33.5 Å². The topological polar surface area (TPSA) is 53.5 Å². The Bertz CT molecular complexity index is 2190. The van der Waals surface area contributed by atoms with Crippen molar-refractivity contribution in [2.24, 2.45) is 0 Å². The van der Waals surface area contributed by atoms with Crippen LogP contribution >= 0.6 is 0 Å². The van der Waals surface area contributed by atoms with Crippen LogP contribution in [0.3, 0.4) is 0 Å². The van der Waals surface area contributed by atoms with Gasteiger partial charge < -0.3 is 14.0 Å². The number of aryl methyl sites for hydroxylation is 2. The highest BCUT2D eigenvalue weighted by Gasteiger charge is 2.28. The fraction of sp³-hybridized carbons (Fsp3) is 0.184. The molecule has 0 aliphatic carbocycles. The second-order valence-electron chi connectivity index (χ2n) is 14.2. The Kier molecular flexibility index (Phi) is 14.2. The lowest BCUT2D eigenvalue weighted by molar-refractivity contribution is 0.107. The molecule has 0 aliphatic heterocycles. The number of nitrogens with zero attached hydrogens (tertiary/aromatic N) is 2. The van der Waals surface area contributed by atoms with Crippen molar-refractivity contribution in [2.45, 2.75) is 59.8 Å². The van der Waals surface area contributed by atoms with Crippen LogP contribution in [0.15, 0.2) is 176 Å². The van der Waals surface area contributed by atoms with Crippen LogP contribution in [0.25, 0.3) is 0 Å². The first-order valence-corrected chi connectivity index (χ1v) is 19.0. The van der Waals surface area contributed by atoms with Crippen LogP contribution in [0.2, 0.25) is 6.82 Å². The fourth-order valence-electron chi connectivity index (χ4n) is 6.76. The number of hydrogen-bond acceptors (Lipinski definition) is 5. The van der Waals surface area contributed by atoms with Gasteiger partial charge in [-0.05, 0) is 77.6 Å². The van der Waals surface area contributed by atoms with E-state index in [4.69, 9.17) is 19.0 Å². The third-order valence-corrected chi connectivity index (χ3v) is 9.78. The lowest BCUT2D eigenvalue weighted by atomic mass is 9.55. The first-order valence-electron chi connectivity index (χ1n) is 19.0. The van der Waals surface area contributed by atoms with Crippen LogP contribution in [-0.4, -0.2) is 23.8 Å². The average molecular weight is 737 g/mol. The standard InChI is InChI=1S/C48H46B2N2O3.CH4/c1-36-15-25-41(26-16-36)47(45-13-7-9-31-51-45)54-49(3)33-38-19-21-39(22-20-38)34-53-35-40-23-29-44(30-24-40)50(43-11-5-4-6-12-43)55-48(46-14-8-10-32-52-46)42-27-17-37(2)18-28-42;/h4-32,47-48H,33-35H2,1-3H3;1H4. The quantitative estimate of drug-likeness (QED) is 0.0926. The third-order valence-electron chi connectivity index (χ3n) is 9.78. The molecular formula is C49H50B2N2O3. The molecule has 280 valence electrons. The Labute approximate surface area is 334 Å². The van der Waals surface area contributed by atoms with E-state index < -0.39 is 0 Å².